The number of carbonyl (C=O) groups is 1. The summed E-state index contributed by atoms with van der Waals surface area (Å²) in [6.45, 7) is 2.03. The largest absolute Gasteiger partial charge is 0.433 e. The van der Waals surface area contributed by atoms with Crippen molar-refractivity contribution < 1.29 is 31.1 Å². The van der Waals surface area contributed by atoms with Gasteiger partial charge in [0.1, 0.15) is 5.56 Å². The van der Waals surface area contributed by atoms with Crippen molar-refractivity contribution in [3.63, 3.8) is 0 Å². The fraction of sp³-hybridized carbons (Fsp3) is 0.350. The van der Waals surface area contributed by atoms with Crippen LogP contribution in [0.4, 0.5) is 26.3 Å². The molecular weight excluding hydrogens is 440 g/mol. The van der Waals surface area contributed by atoms with Crippen molar-refractivity contribution in [1.29, 1.82) is 0 Å². The first-order valence-electron chi connectivity index (χ1n) is 9.56. The maximum Gasteiger partial charge on any atom is 0.433 e. The summed E-state index contributed by atoms with van der Waals surface area (Å²) in [5, 5.41) is 3.72. The molecule has 0 atom stereocenters. The second-order valence-electron chi connectivity index (χ2n) is 7.49. The van der Waals surface area contributed by atoms with Crippen LogP contribution in [0.15, 0.2) is 36.5 Å². The molecule has 2 aromatic heterocycles. The molecule has 0 unspecified atom stereocenters. The number of likely N-dealkylation sites (N-methyl/N-ethyl adjacent to an activating group) is 1. The molecule has 0 radical (unpaired) electrons. The minimum absolute atomic E-state index is 0.0465. The van der Waals surface area contributed by atoms with E-state index in [1.54, 1.807) is 0 Å². The van der Waals surface area contributed by atoms with Gasteiger partial charge in [0.25, 0.3) is 5.91 Å². The second-order valence-corrected chi connectivity index (χ2v) is 7.49. The van der Waals surface area contributed by atoms with Gasteiger partial charge in [-0.1, -0.05) is 12.1 Å². The molecule has 0 spiro atoms. The summed E-state index contributed by atoms with van der Waals surface area (Å²) in [4.78, 5) is 20.6. The van der Waals surface area contributed by atoms with E-state index in [0.29, 0.717) is 36.8 Å². The fourth-order valence-electron chi connectivity index (χ4n) is 3.47. The van der Waals surface area contributed by atoms with Gasteiger partial charge in [-0.15, -0.1) is 0 Å². The van der Waals surface area contributed by atoms with Crippen LogP contribution in [0.2, 0.25) is 0 Å². The van der Waals surface area contributed by atoms with Crippen molar-refractivity contribution in [2.24, 2.45) is 0 Å². The van der Waals surface area contributed by atoms with E-state index in [9.17, 15) is 31.1 Å². The molecule has 1 saturated heterocycles. The van der Waals surface area contributed by atoms with E-state index in [0.717, 1.165) is 30.5 Å². The third-order valence-electron chi connectivity index (χ3n) is 5.29. The van der Waals surface area contributed by atoms with Gasteiger partial charge in [0.05, 0.1) is 17.5 Å². The Morgan fingerprint density at radius 3 is 2.12 bits per heavy atom. The van der Waals surface area contributed by atoms with E-state index in [4.69, 9.17) is 0 Å². The molecule has 1 aromatic carbocycles. The van der Waals surface area contributed by atoms with Gasteiger partial charge in [-0.05, 0) is 25.2 Å². The summed E-state index contributed by atoms with van der Waals surface area (Å²) in [5.74, 6) is -0.502. The monoisotopic (exact) mass is 457 g/mol. The first-order chi connectivity index (χ1) is 14.9. The van der Waals surface area contributed by atoms with Gasteiger partial charge in [-0.3, -0.25) is 4.79 Å². The average molecular weight is 457 g/mol. The van der Waals surface area contributed by atoms with Crippen molar-refractivity contribution in [2.45, 2.75) is 12.4 Å². The Kier molecular flexibility index (Phi) is 5.35. The molecule has 0 aliphatic carbocycles. The van der Waals surface area contributed by atoms with Gasteiger partial charge >= 0.3 is 12.4 Å². The Bertz CT molecular complexity index is 1140. The Labute approximate surface area is 178 Å². The first-order valence-corrected chi connectivity index (χ1v) is 9.56. The number of piperazine rings is 1. The van der Waals surface area contributed by atoms with Crippen LogP contribution in [-0.2, 0) is 12.4 Å². The van der Waals surface area contributed by atoms with Gasteiger partial charge in [0.2, 0.25) is 0 Å². The molecule has 170 valence electrons. The maximum absolute atomic E-state index is 13.7. The fourth-order valence-corrected chi connectivity index (χ4v) is 3.47. The Balaban J connectivity index is 1.81. The summed E-state index contributed by atoms with van der Waals surface area (Å²) in [7, 11) is 1.89. The number of carbonyl (C=O) groups excluding carboxylic acids is 1. The Morgan fingerprint density at radius 1 is 0.938 bits per heavy atom. The van der Waals surface area contributed by atoms with Crippen molar-refractivity contribution in [3.05, 3.63) is 53.3 Å². The van der Waals surface area contributed by atoms with Crippen molar-refractivity contribution in [2.75, 3.05) is 33.2 Å². The third-order valence-corrected chi connectivity index (χ3v) is 5.29. The summed E-state index contributed by atoms with van der Waals surface area (Å²) in [6.07, 6.45) is -8.38. The summed E-state index contributed by atoms with van der Waals surface area (Å²) >= 11 is 0. The van der Waals surface area contributed by atoms with Crippen LogP contribution in [-0.4, -0.2) is 63.5 Å². The predicted molar refractivity (Wildman–Crippen MR) is 102 cm³/mol. The lowest BCUT2D eigenvalue weighted by atomic mass is 10.1. The van der Waals surface area contributed by atoms with E-state index >= 15 is 0 Å². The van der Waals surface area contributed by atoms with Gasteiger partial charge in [0.15, 0.2) is 11.3 Å². The van der Waals surface area contributed by atoms with Crippen molar-refractivity contribution >= 4 is 11.6 Å². The molecule has 3 aromatic rings. The molecule has 3 heterocycles. The number of fused-ring (bicyclic) bond motifs is 1. The number of alkyl halides is 6. The molecule has 0 N–H and O–H groups in total. The van der Waals surface area contributed by atoms with E-state index in [-0.39, 0.29) is 22.5 Å². The van der Waals surface area contributed by atoms with Crippen LogP contribution < -0.4 is 0 Å². The highest BCUT2D eigenvalue weighted by Gasteiger charge is 2.37. The van der Waals surface area contributed by atoms with Crippen LogP contribution in [0.25, 0.3) is 16.9 Å². The number of hydrogen-bond donors (Lipinski definition) is 0. The van der Waals surface area contributed by atoms with Crippen molar-refractivity contribution in [3.8, 4) is 11.3 Å². The van der Waals surface area contributed by atoms with E-state index in [1.807, 2.05) is 11.9 Å². The van der Waals surface area contributed by atoms with Crippen LogP contribution in [0, 0.1) is 0 Å². The molecule has 4 rings (SSSR count). The first kappa shape index (κ1) is 22.1. The zero-order valence-electron chi connectivity index (χ0n) is 16.7. The van der Waals surface area contributed by atoms with Gasteiger partial charge in [-0.2, -0.15) is 31.4 Å². The average Bonchev–Trinajstić information content (AvgIpc) is 3.15. The van der Waals surface area contributed by atoms with E-state index < -0.39 is 29.5 Å². The molecule has 1 fully saturated rings. The highest BCUT2D eigenvalue weighted by molar-refractivity contribution is 6.00. The van der Waals surface area contributed by atoms with Crippen LogP contribution in [0.3, 0.4) is 0 Å². The lowest BCUT2D eigenvalue weighted by molar-refractivity contribution is -0.142. The number of amides is 1. The summed E-state index contributed by atoms with van der Waals surface area (Å²) in [5.41, 5.74) is -2.70. The standard InChI is InChI=1S/C20H17F6N5O/c1-29-6-8-30(9-7-29)18(32)14-11-27-31-16(20(24,25)26)10-15(28-17(14)31)12-2-4-13(5-3-12)19(21,22)23/h2-5,10-11H,6-9H2,1H3. The van der Waals surface area contributed by atoms with Gasteiger partial charge in [0, 0.05) is 31.7 Å². The Morgan fingerprint density at radius 2 is 1.56 bits per heavy atom. The molecule has 1 amide bonds. The SMILES string of the molecule is CN1CCN(C(=O)c2cnn3c(C(F)(F)F)cc(-c4ccc(C(F)(F)F)cc4)nc23)CC1. The zero-order chi connectivity index (χ0) is 23.3. The smallest absolute Gasteiger partial charge is 0.336 e. The molecule has 1 aliphatic rings. The quantitative estimate of drug-likeness (QED) is 0.550. The molecule has 6 nitrogen and oxygen atoms in total. The summed E-state index contributed by atoms with van der Waals surface area (Å²) < 4.78 is 80.1. The Hall–Kier alpha value is -3.15. The molecule has 32 heavy (non-hydrogen) atoms. The van der Waals surface area contributed by atoms with Crippen molar-refractivity contribution in [1.82, 2.24) is 24.4 Å². The van der Waals surface area contributed by atoms with E-state index in [1.165, 1.54) is 4.90 Å². The number of halogens is 6. The highest BCUT2D eigenvalue weighted by atomic mass is 19.4. The minimum Gasteiger partial charge on any atom is -0.336 e. The number of benzene rings is 1. The number of rotatable bonds is 2. The third kappa shape index (κ3) is 4.14. The molecule has 0 saturated carbocycles. The van der Waals surface area contributed by atoms with E-state index in [2.05, 4.69) is 10.1 Å². The minimum atomic E-state index is -4.83. The van der Waals surface area contributed by atoms with Crippen LogP contribution >= 0.6 is 0 Å². The molecule has 1 aliphatic heterocycles. The number of nitrogens with zero attached hydrogens (tertiary/aromatic N) is 5. The second kappa shape index (κ2) is 7.76. The lowest BCUT2D eigenvalue weighted by Gasteiger charge is -2.32. The molecule has 0 bridgehead atoms. The highest BCUT2D eigenvalue weighted by Crippen LogP contribution is 2.34. The van der Waals surface area contributed by atoms with Gasteiger partial charge < -0.3 is 9.80 Å². The van der Waals surface area contributed by atoms with Gasteiger partial charge in [-0.25, -0.2) is 9.50 Å². The summed E-state index contributed by atoms with van der Waals surface area (Å²) in [6, 6.07) is 4.31. The molecular formula is C20H17F6N5O. The normalized spacial score (nSPS) is 16.0. The topological polar surface area (TPSA) is 53.7 Å². The zero-order valence-corrected chi connectivity index (χ0v) is 16.7. The maximum atomic E-state index is 13.7. The lowest BCUT2D eigenvalue weighted by Crippen LogP contribution is -2.47. The van der Waals surface area contributed by atoms with Crippen LogP contribution in [0.5, 0.6) is 0 Å². The molecule has 12 heteroatoms. The predicted octanol–water partition coefficient (Wildman–Crippen LogP) is 3.82. The van der Waals surface area contributed by atoms with Crippen LogP contribution in [0.1, 0.15) is 21.6 Å². The number of hydrogen-bond acceptors (Lipinski definition) is 4. The number of aromatic nitrogens is 3.